The summed E-state index contributed by atoms with van der Waals surface area (Å²) in [6.07, 6.45) is -0.540. The predicted octanol–water partition coefficient (Wildman–Crippen LogP) is 6.01. The number of alkyl halides is 3. The number of anilines is 2. The first-order valence-electron chi connectivity index (χ1n) is 14.3. The number of aliphatic imine (C=N–C) groups is 1. The van der Waals surface area contributed by atoms with Crippen molar-refractivity contribution in [3.05, 3.63) is 107 Å². The number of benzene rings is 2. The van der Waals surface area contributed by atoms with Gasteiger partial charge in [0.15, 0.2) is 11.6 Å². The molecule has 2 aromatic carbocycles. The minimum atomic E-state index is -4.76. The van der Waals surface area contributed by atoms with Crippen LogP contribution in [0.1, 0.15) is 39.1 Å². The van der Waals surface area contributed by atoms with E-state index in [1.165, 1.54) is 38.6 Å². The molecule has 4 aromatic rings. The molecule has 0 spiro atoms. The SMILES string of the molecule is C/N=C(\C=C(/Nc1ccc(NC(=O)c2cccc(-c3ccc(C(=O)N4CCCC4)cc3)c2)nn1)C(F)(F)F)c1ccc(OC)nc1. The Morgan fingerprint density at radius 2 is 1.54 bits per heavy atom. The van der Waals surface area contributed by atoms with Gasteiger partial charge in [-0.1, -0.05) is 24.3 Å². The molecule has 5 rings (SSSR count). The number of carbonyl (C=O) groups excluding carboxylic acids is 2. The molecule has 0 unspecified atom stereocenters. The van der Waals surface area contributed by atoms with Gasteiger partial charge >= 0.3 is 6.18 Å². The van der Waals surface area contributed by atoms with Crippen LogP contribution in [0.25, 0.3) is 11.1 Å². The number of amides is 2. The summed E-state index contributed by atoms with van der Waals surface area (Å²) < 4.78 is 46.7. The second-order valence-electron chi connectivity index (χ2n) is 10.3. The van der Waals surface area contributed by atoms with E-state index in [0.717, 1.165) is 43.1 Å². The van der Waals surface area contributed by atoms with Crippen molar-refractivity contribution in [2.24, 2.45) is 4.99 Å². The highest BCUT2D eigenvalue weighted by Crippen LogP contribution is 2.28. The molecule has 0 saturated carbocycles. The van der Waals surface area contributed by atoms with Crippen LogP contribution < -0.4 is 15.4 Å². The van der Waals surface area contributed by atoms with Gasteiger partial charge in [0.2, 0.25) is 5.88 Å². The molecule has 13 heteroatoms. The van der Waals surface area contributed by atoms with Crippen LogP contribution in [0.4, 0.5) is 24.8 Å². The Morgan fingerprint density at radius 1 is 0.870 bits per heavy atom. The standard InChI is InChI=1S/C33H30F3N7O3/c1-37-26(25-12-15-30(46-2)38-20-25)19-27(33(34,35)36)39-28-13-14-29(42-41-28)40-31(44)24-7-5-6-23(18-24)21-8-10-22(11-9-21)32(45)43-16-3-4-17-43/h5-15,18-20H,3-4,16-17H2,1-2H3,(H,39,41)(H,40,42,44)/b27-19-,37-26+. The number of allylic oxidation sites excluding steroid dienone is 2. The Kier molecular flexibility index (Phi) is 9.70. The van der Waals surface area contributed by atoms with E-state index in [1.54, 1.807) is 36.4 Å². The lowest BCUT2D eigenvalue weighted by Gasteiger charge is -2.15. The molecule has 0 aliphatic carbocycles. The number of nitrogens with zero attached hydrogens (tertiary/aromatic N) is 5. The van der Waals surface area contributed by atoms with Gasteiger partial charge in [-0.15, -0.1) is 10.2 Å². The summed E-state index contributed by atoms with van der Waals surface area (Å²) in [5, 5.41) is 12.5. The average molecular weight is 630 g/mol. The zero-order valence-corrected chi connectivity index (χ0v) is 25.0. The van der Waals surface area contributed by atoms with E-state index in [0.29, 0.717) is 22.6 Å². The fourth-order valence-corrected chi connectivity index (χ4v) is 4.80. The van der Waals surface area contributed by atoms with Crippen LogP contribution in [0.3, 0.4) is 0 Å². The van der Waals surface area contributed by atoms with Gasteiger partial charge in [0.1, 0.15) is 5.70 Å². The summed E-state index contributed by atoms with van der Waals surface area (Å²) in [6.45, 7) is 1.54. The number of halogens is 3. The van der Waals surface area contributed by atoms with Gasteiger partial charge in [-0.25, -0.2) is 4.98 Å². The molecular weight excluding hydrogens is 599 g/mol. The predicted molar refractivity (Wildman–Crippen MR) is 168 cm³/mol. The van der Waals surface area contributed by atoms with Gasteiger partial charge in [-0.05, 0) is 72.5 Å². The van der Waals surface area contributed by atoms with Crippen molar-refractivity contribution in [2.75, 3.05) is 37.9 Å². The minimum Gasteiger partial charge on any atom is -0.481 e. The van der Waals surface area contributed by atoms with Crippen LogP contribution in [-0.4, -0.2) is 71.0 Å². The van der Waals surface area contributed by atoms with Gasteiger partial charge in [0.25, 0.3) is 11.8 Å². The fourth-order valence-electron chi connectivity index (χ4n) is 4.80. The summed E-state index contributed by atoms with van der Waals surface area (Å²) in [5.74, 6) is -0.313. The third-order valence-corrected chi connectivity index (χ3v) is 7.22. The largest absolute Gasteiger partial charge is 0.481 e. The van der Waals surface area contributed by atoms with Gasteiger partial charge in [0.05, 0.1) is 12.8 Å². The van der Waals surface area contributed by atoms with Crippen LogP contribution in [0, 0.1) is 0 Å². The van der Waals surface area contributed by atoms with E-state index in [1.807, 2.05) is 23.1 Å². The quantitative estimate of drug-likeness (QED) is 0.218. The second kappa shape index (κ2) is 14.0. The molecule has 10 nitrogen and oxygen atoms in total. The van der Waals surface area contributed by atoms with E-state index < -0.39 is 17.8 Å². The van der Waals surface area contributed by atoms with Crippen molar-refractivity contribution >= 4 is 29.2 Å². The van der Waals surface area contributed by atoms with Crippen LogP contribution in [-0.2, 0) is 0 Å². The molecule has 236 valence electrons. The highest BCUT2D eigenvalue weighted by molar-refractivity contribution is 6.09. The number of hydrogen-bond donors (Lipinski definition) is 2. The highest BCUT2D eigenvalue weighted by atomic mass is 19.4. The van der Waals surface area contributed by atoms with Crippen molar-refractivity contribution in [1.82, 2.24) is 20.1 Å². The molecule has 1 aliphatic rings. The number of nitrogens with one attached hydrogen (secondary N) is 2. The van der Waals surface area contributed by atoms with Crippen LogP contribution in [0.2, 0.25) is 0 Å². The van der Waals surface area contributed by atoms with Crippen molar-refractivity contribution < 1.29 is 27.5 Å². The number of carbonyl (C=O) groups is 2. The Morgan fingerprint density at radius 3 is 2.13 bits per heavy atom. The number of aromatic nitrogens is 3. The molecule has 1 aliphatic heterocycles. The monoisotopic (exact) mass is 629 g/mol. The molecule has 3 heterocycles. The molecule has 2 N–H and O–H groups in total. The number of methoxy groups -OCH3 is 1. The van der Waals surface area contributed by atoms with E-state index in [4.69, 9.17) is 4.74 Å². The molecule has 0 radical (unpaired) electrons. The van der Waals surface area contributed by atoms with Gasteiger partial charge in [-0.3, -0.25) is 14.6 Å². The van der Waals surface area contributed by atoms with Gasteiger partial charge < -0.3 is 20.3 Å². The maximum absolute atomic E-state index is 13.9. The zero-order valence-electron chi connectivity index (χ0n) is 25.0. The first-order chi connectivity index (χ1) is 22.1. The summed E-state index contributed by atoms with van der Waals surface area (Å²) in [5.41, 5.74) is 1.80. The number of likely N-dealkylation sites (tertiary alicyclic amines) is 1. The molecule has 2 amide bonds. The number of ether oxygens (including phenoxy) is 1. The first-order valence-corrected chi connectivity index (χ1v) is 14.3. The third-order valence-electron chi connectivity index (χ3n) is 7.22. The number of pyridine rings is 1. The Bertz CT molecular complexity index is 1750. The van der Waals surface area contributed by atoms with Crippen molar-refractivity contribution in [3.63, 3.8) is 0 Å². The number of hydrogen-bond acceptors (Lipinski definition) is 8. The third kappa shape index (κ3) is 7.73. The maximum Gasteiger partial charge on any atom is 0.431 e. The molecule has 0 atom stereocenters. The molecule has 0 bridgehead atoms. The fraction of sp³-hybridized carbons (Fsp3) is 0.212. The Balaban J connectivity index is 1.25. The topological polar surface area (TPSA) is 122 Å². The average Bonchev–Trinajstić information content (AvgIpc) is 3.62. The normalized spacial score (nSPS) is 13.8. The lowest BCUT2D eigenvalue weighted by molar-refractivity contribution is -0.0901. The van der Waals surface area contributed by atoms with Crippen molar-refractivity contribution in [1.29, 1.82) is 0 Å². The highest BCUT2D eigenvalue weighted by Gasteiger charge is 2.35. The smallest absolute Gasteiger partial charge is 0.431 e. The Hall–Kier alpha value is -5.59. The molecule has 46 heavy (non-hydrogen) atoms. The summed E-state index contributed by atoms with van der Waals surface area (Å²) in [4.78, 5) is 35.4. The van der Waals surface area contributed by atoms with E-state index in [2.05, 4.69) is 30.8 Å². The molecule has 1 fully saturated rings. The molecule has 2 aromatic heterocycles. The molecular formula is C33H30F3N7O3. The zero-order chi connectivity index (χ0) is 32.7. The van der Waals surface area contributed by atoms with Crippen molar-refractivity contribution in [3.8, 4) is 17.0 Å². The van der Waals surface area contributed by atoms with Crippen LogP contribution >= 0.6 is 0 Å². The summed E-state index contributed by atoms with van der Waals surface area (Å²) in [6, 6.07) is 19.8. The second-order valence-corrected chi connectivity index (χ2v) is 10.3. The number of rotatable bonds is 9. The van der Waals surface area contributed by atoms with Crippen LogP contribution in [0.5, 0.6) is 5.88 Å². The summed E-state index contributed by atoms with van der Waals surface area (Å²) in [7, 11) is 2.80. The van der Waals surface area contributed by atoms with Gasteiger partial charge in [-0.2, -0.15) is 13.2 Å². The lowest BCUT2D eigenvalue weighted by Crippen LogP contribution is -2.27. The minimum absolute atomic E-state index is 0.0100. The van der Waals surface area contributed by atoms with Crippen molar-refractivity contribution in [2.45, 2.75) is 19.0 Å². The van der Waals surface area contributed by atoms with E-state index in [-0.39, 0.29) is 23.3 Å². The summed E-state index contributed by atoms with van der Waals surface area (Å²) >= 11 is 0. The maximum atomic E-state index is 13.9. The Labute approximate surface area is 263 Å². The van der Waals surface area contributed by atoms with Gasteiger partial charge in [0, 0.05) is 49.1 Å². The van der Waals surface area contributed by atoms with Crippen LogP contribution in [0.15, 0.2) is 95.8 Å². The first kappa shape index (κ1) is 31.8. The van der Waals surface area contributed by atoms with E-state index in [9.17, 15) is 22.8 Å². The van der Waals surface area contributed by atoms with E-state index >= 15 is 0 Å². The lowest BCUT2D eigenvalue weighted by atomic mass is 10.0. The molecule has 1 saturated heterocycles.